The third-order valence-corrected chi connectivity index (χ3v) is 8.02. The first kappa shape index (κ1) is 44.4. The summed E-state index contributed by atoms with van der Waals surface area (Å²) < 4.78 is 61.9. The van der Waals surface area contributed by atoms with Gasteiger partial charge in [0.15, 0.2) is 7.37 Å². The highest BCUT2D eigenvalue weighted by Crippen LogP contribution is 2.35. The molecule has 0 aliphatic carbocycles. The molecule has 0 aliphatic heterocycles. The van der Waals surface area contributed by atoms with Crippen molar-refractivity contribution in [1.29, 1.82) is 5.26 Å². The molecule has 25 heteroatoms. The van der Waals surface area contributed by atoms with E-state index in [0.717, 1.165) is 12.3 Å². The second kappa shape index (κ2) is 18.6. The Kier molecular flexibility index (Phi) is 16.5. The Bertz CT molecular complexity index is 1920. The van der Waals surface area contributed by atoms with Crippen LogP contribution in [0.25, 0.3) is 5.69 Å². The molecule has 2 unspecified atom stereocenters. The number of hydrogen-bond acceptors (Lipinski definition) is 13. The average molecular weight is 809 g/mol. The van der Waals surface area contributed by atoms with E-state index < -0.39 is 47.2 Å². The van der Waals surface area contributed by atoms with Crippen molar-refractivity contribution in [2.75, 3.05) is 41.0 Å². The van der Waals surface area contributed by atoms with E-state index in [0.29, 0.717) is 17.2 Å². The van der Waals surface area contributed by atoms with Crippen molar-refractivity contribution in [3.63, 3.8) is 0 Å². The fourth-order valence-electron chi connectivity index (χ4n) is 3.29. The summed E-state index contributed by atoms with van der Waals surface area (Å²) >= 11 is 17.6. The molecule has 0 bridgehead atoms. The minimum Gasteiger partial charge on any atom is -0.480 e. The highest BCUT2D eigenvalue weighted by atomic mass is 35.5. The van der Waals surface area contributed by atoms with Gasteiger partial charge in [0.1, 0.15) is 17.4 Å². The maximum absolute atomic E-state index is 12.8. The standard InChI is InChI=1S/C11H10Cl2F2N4O3S.C9H13ClN6.C5H12NO4P/c1-5-16-19(11(20)18(5)10(14)15)9-4-8(17-23(2,21)22)6(12)3-7(9)13;1-4-12-7-13-6(10)14-8(15-7)16-9(2,3)5-11;1-11(9,10)3-2-4(6)5(7)8/h3-4,10,17H,1-2H3;4H2,1-3H3,(H2,12,13,14,15,16);4H,2-3,6H2,1H3,(H,7,8)(H,9,10). The molecule has 0 saturated carbocycles. The maximum Gasteiger partial charge on any atom is 0.355 e. The van der Waals surface area contributed by atoms with Crippen molar-refractivity contribution in [2.24, 2.45) is 5.73 Å². The number of anilines is 3. The lowest BCUT2D eigenvalue weighted by atomic mass is 10.1. The fraction of sp³-hybridized carbons (Fsp3) is 0.480. The minimum atomic E-state index is -3.65. The van der Waals surface area contributed by atoms with Crippen LogP contribution in [0.15, 0.2) is 16.9 Å². The number of nitrogens with one attached hydrogen (secondary N) is 3. The second-order valence-electron chi connectivity index (χ2n) is 10.7. The molecule has 3 aromatic rings. The van der Waals surface area contributed by atoms with Gasteiger partial charge in [-0.25, -0.2) is 17.8 Å². The van der Waals surface area contributed by atoms with E-state index in [2.05, 4.69) is 41.5 Å². The fourth-order valence-corrected chi connectivity index (χ4v) is 5.34. The summed E-state index contributed by atoms with van der Waals surface area (Å²) in [5.41, 5.74) is 3.06. The molecule has 2 aromatic heterocycles. The minimum absolute atomic E-state index is 0.0257. The number of carbonyl (C=O) groups is 1. The summed E-state index contributed by atoms with van der Waals surface area (Å²) in [6.07, 6.45) is 0.902. The van der Waals surface area contributed by atoms with Crippen LogP contribution < -0.4 is 26.8 Å². The number of carboxylic acid groups (broad SMARTS) is 1. The van der Waals surface area contributed by atoms with E-state index in [-0.39, 0.29) is 55.6 Å². The van der Waals surface area contributed by atoms with Crippen molar-refractivity contribution in [3.8, 4) is 11.8 Å². The van der Waals surface area contributed by atoms with E-state index in [4.69, 9.17) is 55.8 Å². The largest absolute Gasteiger partial charge is 0.480 e. The van der Waals surface area contributed by atoms with Crippen LogP contribution in [0, 0.1) is 18.3 Å². The van der Waals surface area contributed by atoms with Crippen LogP contribution in [0.1, 0.15) is 39.6 Å². The van der Waals surface area contributed by atoms with Gasteiger partial charge in [-0.3, -0.25) is 14.1 Å². The Morgan fingerprint density at radius 1 is 1.18 bits per heavy atom. The van der Waals surface area contributed by atoms with Gasteiger partial charge in [-0.2, -0.15) is 33.7 Å². The van der Waals surface area contributed by atoms with Gasteiger partial charge in [0.2, 0.25) is 27.2 Å². The van der Waals surface area contributed by atoms with Crippen LogP contribution >= 0.6 is 42.2 Å². The Morgan fingerprint density at radius 3 is 2.22 bits per heavy atom. The van der Waals surface area contributed by atoms with Crippen LogP contribution in [0.4, 0.5) is 26.4 Å². The molecule has 7 N–H and O–H groups in total. The molecule has 18 nitrogen and oxygen atoms in total. The normalized spacial score (nSPS) is 13.1. The molecule has 2 atom stereocenters. The van der Waals surface area contributed by atoms with Crippen LogP contribution in [0.2, 0.25) is 15.3 Å². The summed E-state index contributed by atoms with van der Waals surface area (Å²) in [6.45, 7) is 5.38. The van der Waals surface area contributed by atoms with Gasteiger partial charge >= 0.3 is 18.2 Å². The molecule has 278 valence electrons. The van der Waals surface area contributed by atoms with E-state index in [9.17, 15) is 31.4 Å². The van der Waals surface area contributed by atoms with Crippen molar-refractivity contribution in [3.05, 3.63) is 43.8 Å². The van der Waals surface area contributed by atoms with Gasteiger partial charge in [-0.05, 0) is 57.8 Å². The number of sulfonamides is 1. The molecule has 0 fully saturated rings. The molecular weight excluding hydrogens is 774 g/mol. The number of nitrogens with zero attached hydrogens (tertiary/aromatic N) is 7. The second-order valence-corrected chi connectivity index (χ2v) is 16.1. The quantitative estimate of drug-likeness (QED) is 0.142. The maximum atomic E-state index is 12.8. The van der Waals surface area contributed by atoms with Gasteiger partial charge in [0.05, 0.1) is 33.7 Å². The first-order valence-electron chi connectivity index (χ1n) is 13.9. The lowest BCUT2D eigenvalue weighted by molar-refractivity contribution is -0.138. The van der Waals surface area contributed by atoms with Crippen LogP contribution in [-0.2, 0) is 19.4 Å². The monoisotopic (exact) mass is 807 g/mol. The van der Waals surface area contributed by atoms with Crippen LogP contribution in [0.3, 0.4) is 0 Å². The van der Waals surface area contributed by atoms with Crippen molar-refractivity contribution in [2.45, 2.75) is 52.2 Å². The Hall–Kier alpha value is -3.64. The molecule has 0 amide bonds. The van der Waals surface area contributed by atoms with Gasteiger partial charge in [-0.15, -0.1) is 5.10 Å². The average Bonchev–Trinajstić information content (AvgIpc) is 3.25. The van der Waals surface area contributed by atoms with Crippen LogP contribution in [-0.4, -0.2) is 90.9 Å². The SMILES string of the molecule is CCNc1nc(Cl)nc(NC(C)(C)C#N)n1.CP(=O)(O)CCC(N)C(=O)O.Cc1nn(-c2cc(NS(C)(=O)=O)c(Cl)cc2Cl)c(=O)n1C(F)F. The summed E-state index contributed by atoms with van der Waals surface area (Å²) in [4.78, 5) is 42.7. The van der Waals surface area contributed by atoms with Gasteiger partial charge < -0.3 is 26.4 Å². The first-order valence-corrected chi connectivity index (χ1v) is 19.2. The molecule has 50 heavy (non-hydrogen) atoms. The Morgan fingerprint density at radius 2 is 1.76 bits per heavy atom. The molecule has 0 radical (unpaired) electrons. The van der Waals surface area contributed by atoms with Crippen molar-refractivity contribution < 1.29 is 36.6 Å². The van der Waals surface area contributed by atoms with Crippen molar-refractivity contribution in [1.82, 2.24) is 29.3 Å². The zero-order valence-electron chi connectivity index (χ0n) is 27.3. The summed E-state index contributed by atoms with van der Waals surface area (Å²) in [5.74, 6) is -0.701. The number of hydrogen-bond donors (Lipinski definition) is 6. The summed E-state index contributed by atoms with van der Waals surface area (Å²) in [6, 6.07) is 3.36. The predicted octanol–water partition coefficient (Wildman–Crippen LogP) is 3.78. The number of aryl methyl sites for hydroxylation is 1. The summed E-state index contributed by atoms with van der Waals surface area (Å²) in [5, 5.41) is 26.6. The third-order valence-electron chi connectivity index (χ3n) is 5.55. The molecule has 1 aromatic carbocycles. The number of nitriles is 1. The van der Waals surface area contributed by atoms with Gasteiger partial charge in [0, 0.05) is 19.4 Å². The van der Waals surface area contributed by atoms with Gasteiger partial charge in [-0.1, -0.05) is 23.2 Å². The lowest BCUT2D eigenvalue weighted by Gasteiger charge is -2.17. The predicted molar refractivity (Wildman–Crippen MR) is 185 cm³/mol. The van der Waals surface area contributed by atoms with Crippen molar-refractivity contribution >= 4 is 75.7 Å². The first-order chi connectivity index (χ1) is 22.8. The number of benzene rings is 1. The van der Waals surface area contributed by atoms with E-state index in [1.54, 1.807) is 13.8 Å². The third kappa shape index (κ3) is 15.1. The highest BCUT2D eigenvalue weighted by Gasteiger charge is 2.22. The number of halogens is 5. The van der Waals surface area contributed by atoms with E-state index in [1.165, 1.54) is 19.7 Å². The number of rotatable bonds is 12. The zero-order chi connectivity index (χ0) is 38.8. The van der Waals surface area contributed by atoms with E-state index in [1.807, 2.05) is 6.92 Å². The number of aliphatic carboxylic acids is 1. The van der Waals surface area contributed by atoms with E-state index >= 15 is 0 Å². The van der Waals surface area contributed by atoms with Crippen LogP contribution in [0.5, 0.6) is 0 Å². The summed E-state index contributed by atoms with van der Waals surface area (Å²) in [7, 11) is -6.75. The molecular formula is C25H35Cl3F2N11O7PS. The van der Waals surface area contributed by atoms with Gasteiger partial charge in [0.25, 0.3) is 0 Å². The number of aromatic nitrogens is 6. The molecule has 0 spiro atoms. The highest BCUT2D eigenvalue weighted by molar-refractivity contribution is 7.92. The smallest absolute Gasteiger partial charge is 0.355 e. The molecule has 0 aliphatic rings. The number of carboxylic acids is 1. The Labute approximate surface area is 300 Å². The molecule has 0 saturated heterocycles. The number of nitrogens with two attached hydrogens (primary N) is 1. The Balaban J connectivity index is 0.000000404. The molecule has 2 heterocycles. The number of alkyl halides is 2. The topological polar surface area (TPSA) is 273 Å². The zero-order valence-corrected chi connectivity index (χ0v) is 31.3. The lowest BCUT2D eigenvalue weighted by Crippen LogP contribution is -2.30. The molecule has 3 rings (SSSR count).